The molecule has 4 rings (SSSR count). The van der Waals surface area contributed by atoms with Crippen LogP contribution in [0.25, 0.3) is 5.65 Å². The van der Waals surface area contributed by atoms with Crippen molar-refractivity contribution in [1.29, 1.82) is 0 Å². The molecule has 1 N–H and O–H groups in total. The molecule has 1 saturated carbocycles. The van der Waals surface area contributed by atoms with E-state index in [2.05, 4.69) is 15.4 Å². The zero-order valence-electron chi connectivity index (χ0n) is 17.2. The third-order valence-corrected chi connectivity index (χ3v) is 5.67. The standard InChI is InChI=1S/C24H28N4O2/c29-20(13-7-14-21(30)18-9-3-1-4-10-18)17-22-26-24-16-8-15-23(28(24)27-22)25-19-11-5-2-6-12-19/h1,3-4,8-10,15-16,19,25H,2,5-7,11-14,17H2. The van der Waals surface area contributed by atoms with E-state index in [1.807, 2.05) is 48.5 Å². The van der Waals surface area contributed by atoms with Crippen molar-refractivity contribution in [2.75, 3.05) is 5.32 Å². The van der Waals surface area contributed by atoms with Gasteiger partial charge in [-0.1, -0.05) is 55.7 Å². The van der Waals surface area contributed by atoms with Crippen molar-refractivity contribution in [2.45, 2.75) is 63.8 Å². The van der Waals surface area contributed by atoms with Crippen molar-refractivity contribution in [3.05, 3.63) is 59.9 Å². The number of fused-ring (bicyclic) bond motifs is 1. The van der Waals surface area contributed by atoms with E-state index >= 15 is 0 Å². The van der Waals surface area contributed by atoms with Crippen LogP contribution in [0.2, 0.25) is 0 Å². The van der Waals surface area contributed by atoms with E-state index in [0.29, 0.717) is 36.7 Å². The Morgan fingerprint density at radius 1 is 0.967 bits per heavy atom. The second-order valence-electron chi connectivity index (χ2n) is 8.05. The highest BCUT2D eigenvalue weighted by Crippen LogP contribution is 2.22. The molecule has 1 aliphatic carbocycles. The summed E-state index contributed by atoms with van der Waals surface area (Å²) in [7, 11) is 0. The molecule has 6 nitrogen and oxygen atoms in total. The van der Waals surface area contributed by atoms with Crippen LogP contribution >= 0.6 is 0 Å². The molecule has 6 heteroatoms. The van der Waals surface area contributed by atoms with E-state index in [1.54, 1.807) is 4.52 Å². The number of nitrogens with zero attached hydrogens (tertiary/aromatic N) is 3. The van der Waals surface area contributed by atoms with Crippen LogP contribution < -0.4 is 5.32 Å². The zero-order valence-corrected chi connectivity index (χ0v) is 17.2. The molecular weight excluding hydrogens is 376 g/mol. The van der Waals surface area contributed by atoms with Gasteiger partial charge in [-0.3, -0.25) is 9.59 Å². The summed E-state index contributed by atoms with van der Waals surface area (Å²) in [5, 5.41) is 8.16. The van der Waals surface area contributed by atoms with E-state index in [-0.39, 0.29) is 18.0 Å². The Labute approximate surface area is 176 Å². The summed E-state index contributed by atoms with van der Waals surface area (Å²) in [6, 6.07) is 15.6. The van der Waals surface area contributed by atoms with Crippen molar-refractivity contribution in [1.82, 2.24) is 14.6 Å². The third-order valence-electron chi connectivity index (χ3n) is 5.67. The van der Waals surface area contributed by atoms with E-state index < -0.39 is 0 Å². The Hall–Kier alpha value is -3.02. The first-order valence-corrected chi connectivity index (χ1v) is 10.9. The molecule has 30 heavy (non-hydrogen) atoms. The fourth-order valence-electron chi connectivity index (χ4n) is 4.07. The van der Waals surface area contributed by atoms with Gasteiger partial charge in [0.25, 0.3) is 0 Å². The van der Waals surface area contributed by atoms with Crippen molar-refractivity contribution in [3.8, 4) is 0 Å². The van der Waals surface area contributed by atoms with Gasteiger partial charge >= 0.3 is 0 Å². The summed E-state index contributed by atoms with van der Waals surface area (Å²) in [6.07, 6.45) is 7.68. The molecule has 0 bridgehead atoms. The Morgan fingerprint density at radius 3 is 2.57 bits per heavy atom. The van der Waals surface area contributed by atoms with Crippen molar-refractivity contribution >= 4 is 23.0 Å². The average molecular weight is 405 g/mol. The van der Waals surface area contributed by atoms with Gasteiger partial charge in [0.2, 0.25) is 0 Å². The van der Waals surface area contributed by atoms with Crippen molar-refractivity contribution < 1.29 is 9.59 Å². The highest BCUT2D eigenvalue weighted by atomic mass is 16.1. The molecule has 0 amide bonds. The van der Waals surface area contributed by atoms with E-state index in [0.717, 1.165) is 11.5 Å². The van der Waals surface area contributed by atoms with Crippen LogP contribution in [0.3, 0.4) is 0 Å². The van der Waals surface area contributed by atoms with Gasteiger partial charge in [-0.25, -0.2) is 4.98 Å². The number of anilines is 1. The number of hydrogen-bond donors (Lipinski definition) is 1. The molecular formula is C24H28N4O2. The SMILES string of the molecule is O=C(CCCC(=O)c1ccccc1)Cc1nc2cccc(NC3CCCCC3)n2n1. The number of aromatic nitrogens is 3. The van der Waals surface area contributed by atoms with Gasteiger partial charge in [0.15, 0.2) is 17.3 Å². The molecule has 0 spiro atoms. The molecule has 2 heterocycles. The average Bonchev–Trinajstić information content (AvgIpc) is 3.18. The van der Waals surface area contributed by atoms with Crippen LogP contribution in [-0.4, -0.2) is 32.2 Å². The smallest absolute Gasteiger partial charge is 0.162 e. The summed E-state index contributed by atoms with van der Waals surface area (Å²) in [6.45, 7) is 0. The van der Waals surface area contributed by atoms with Gasteiger partial charge in [0.1, 0.15) is 11.6 Å². The topological polar surface area (TPSA) is 76.4 Å². The number of rotatable bonds is 9. The normalized spacial score (nSPS) is 14.7. The number of Topliss-reactive ketones (excluding diaryl/α,β-unsaturated/α-hetero) is 2. The number of pyridine rings is 1. The Balaban J connectivity index is 1.32. The highest BCUT2D eigenvalue weighted by Gasteiger charge is 2.16. The molecule has 0 atom stereocenters. The molecule has 0 saturated heterocycles. The van der Waals surface area contributed by atoms with Gasteiger partial charge in [-0.05, 0) is 31.4 Å². The fraction of sp³-hybridized carbons (Fsp3) is 0.417. The first kappa shape index (κ1) is 20.3. The number of carbonyl (C=O) groups excluding carboxylic acids is 2. The Morgan fingerprint density at radius 2 is 1.77 bits per heavy atom. The molecule has 156 valence electrons. The van der Waals surface area contributed by atoms with Crippen LogP contribution in [0.4, 0.5) is 5.82 Å². The quantitative estimate of drug-likeness (QED) is 0.526. The summed E-state index contributed by atoms with van der Waals surface area (Å²) in [5.41, 5.74) is 1.45. The Kier molecular flexibility index (Phi) is 6.52. The molecule has 0 aliphatic heterocycles. The molecule has 0 radical (unpaired) electrons. The molecule has 2 aromatic heterocycles. The lowest BCUT2D eigenvalue weighted by Gasteiger charge is -2.23. The van der Waals surface area contributed by atoms with Crippen LogP contribution in [0.5, 0.6) is 0 Å². The zero-order chi connectivity index (χ0) is 20.8. The Bertz CT molecular complexity index is 1010. The lowest BCUT2D eigenvalue weighted by atomic mass is 9.95. The minimum atomic E-state index is 0.0635. The van der Waals surface area contributed by atoms with Crippen molar-refractivity contribution in [3.63, 3.8) is 0 Å². The third kappa shape index (κ3) is 5.12. The lowest BCUT2D eigenvalue weighted by molar-refractivity contribution is -0.118. The maximum Gasteiger partial charge on any atom is 0.162 e. The minimum absolute atomic E-state index is 0.0635. The number of benzene rings is 1. The monoisotopic (exact) mass is 404 g/mol. The number of hydrogen-bond acceptors (Lipinski definition) is 5. The summed E-state index contributed by atoms with van der Waals surface area (Å²) < 4.78 is 1.80. The first-order chi connectivity index (χ1) is 14.7. The number of nitrogens with one attached hydrogen (secondary N) is 1. The second kappa shape index (κ2) is 9.65. The maximum absolute atomic E-state index is 12.4. The van der Waals surface area contributed by atoms with Crippen LogP contribution in [0, 0.1) is 0 Å². The van der Waals surface area contributed by atoms with E-state index in [9.17, 15) is 9.59 Å². The fourth-order valence-corrected chi connectivity index (χ4v) is 4.07. The van der Waals surface area contributed by atoms with Crippen LogP contribution in [0.15, 0.2) is 48.5 Å². The number of ketones is 2. The van der Waals surface area contributed by atoms with E-state index in [4.69, 9.17) is 0 Å². The summed E-state index contributed by atoms with van der Waals surface area (Å²) >= 11 is 0. The minimum Gasteiger partial charge on any atom is -0.367 e. The first-order valence-electron chi connectivity index (χ1n) is 10.9. The molecule has 0 unspecified atom stereocenters. The summed E-state index contributed by atoms with van der Waals surface area (Å²) in [4.78, 5) is 29.1. The lowest BCUT2D eigenvalue weighted by Crippen LogP contribution is -2.23. The number of carbonyl (C=O) groups is 2. The molecule has 1 fully saturated rings. The predicted octanol–water partition coefficient (Wildman–Crippen LogP) is 4.64. The maximum atomic E-state index is 12.4. The van der Waals surface area contributed by atoms with E-state index in [1.165, 1.54) is 32.1 Å². The molecule has 3 aromatic rings. The second-order valence-corrected chi connectivity index (χ2v) is 8.05. The summed E-state index contributed by atoms with van der Waals surface area (Å²) in [5.74, 6) is 1.60. The van der Waals surface area contributed by atoms with Gasteiger partial charge < -0.3 is 5.32 Å². The highest BCUT2D eigenvalue weighted by molar-refractivity contribution is 5.96. The van der Waals surface area contributed by atoms with Crippen LogP contribution in [0.1, 0.15) is 67.5 Å². The predicted molar refractivity (Wildman–Crippen MR) is 117 cm³/mol. The largest absolute Gasteiger partial charge is 0.367 e. The van der Waals surface area contributed by atoms with Gasteiger partial charge in [0, 0.05) is 24.4 Å². The van der Waals surface area contributed by atoms with Gasteiger partial charge in [0.05, 0.1) is 6.42 Å². The molecule has 1 aliphatic rings. The van der Waals surface area contributed by atoms with Gasteiger partial charge in [-0.2, -0.15) is 4.52 Å². The van der Waals surface area contributed by atoms with Crippen LogP contribution in [-0.2, 0) is 11.2 Å². The molecule has 1 aromatic carbocycles. The van der Waals surface area contributed by atoms with Crippen molar-refractivity contribution in [2.24, 2.45) is 0 Å². The van der Waals surface area contributed by atoms with Gasteiger partial charge in [-0.15, -0.1) is 5.10 Å².